The maximum Gasteiger partial charge on any atom is 0.322 e. The Morgan fingerprint density at radius 1 is 1.45 bits per heavy atom. The van der Waals surface area contributed by atoms with Gasteiger partial charge < -0.3 is 5.11 Å². The average molecular weight is 297 g/mol. The number of nitrogens with zero attached hydrogens (tertiary/aromatic N) is 2. The highest BCUT2D eigenvalue weighted by Crippen LogP contribution is 2.21. The molecule has 1 atom stereocenters. The Balaban J connectivity index is 3.10. The quantitative estimate of drug-likeness (QED) is 0.845. The molecule has 0 saturated carbocycles. The second-order valence-corrected chi connectivity index (χ2v) is 6.96. The molecule has 8 heteroatoms. The Morgan fingerprint density at radius 3 is 2.40 bits per heavy atom. The van der Waals surface area contributed by atoms with Crippen LogP contribution in [0.2, 0.25) is 0 Å². The highest BCUT2D eigenvalue weighted by molar-refractivity contribution is 7.89. The van der Waals surface area contributed by atoms with Crippen molar-refractivity contribution < 1.29 is 18.3 Å². The predicted octanol–water partition coefficient (Wildman–Crippen LogP) is 0.731. The normalized spacial score (nSPS) is 13.5. The second-order valence-electron chi connectivity index (χ2n) is 5.25. The summed E-state index contributed by atoms with van der Waals surface area (Å²) in [5.74, 6) is -1.26. The molecule has 0 bridgehead atoms. The molecule has 0 unspecified atom stereocenters. The molecule has 0 aliphatic rings. The molecular weight excluding hydrogens is 282 g/mol. The molecule has 2 N–H and O–H groups in total. The lowest BCUT2D eigenvalue weighted by Gasteiger charge is -2.27. The van der Waals surface area contributed by atoms with Gasteiger partial charge in [-0.15, -0.1) is 0 Å². The number of hydrogen-bond acceptors (Lipinski definition) is 5. The number of hydrogen-bond donors (Lipinski definition) is 2. The summed E-state index contributed by atoms with van der Waals surface area (Å²) in [5, 5.41) is 17.7. The topological polar surface area (TPSA) is 120 Å². The van der Waals surface area contributed by atoms with Gasteiger partial charge in [0.05, 0.1) is 0 Å². The highest BCUT2D eigenvalue weighted by atomic mass is 32.2. The number of rotatable bonds is 4. The van der Waals surface area contributed by atoms with Gasteiger partial charge in [0.2, 0.25) is 10.0 Å². The van der Waals surface area contributed by atoms with E-state index in [0.717, 1.165) is 6.20 Å². The summed E-state index contributed by atoms with van der Waals surface area (Å²) >= 11 is 0. The van der Waals surface area contributed by atoms with E-state index in [2.05, 4.69) is 9.71 Å². The van der Waals surface area contributed by atoms with Crippen LogP contribution in [0.4, 0.5) is 0 Å². The van der Waals surface area contributed by atoms with E-state index < -0.39 is 27.4 Å². The molecule has 0 aromatic carbocycles. The first-order chi connectivity index (χ1) is 9.08. The van der Waals surface area contributed by atoms with Crippen LogP contribution in [0.15, 0.2) is 23.2 Å². The molecule has 0 saturated heterocycles. The maximum atomic E-state index is 12.1. The lowest BCUT2D eigenvalue weighted by molar-refractivity contribution is -0.141. The van der Waals surface area contributed by atoms with Gasteiger partial charge in [-0.25, -0.2) is 13.4 Å². The summed E-state index contributed by atoms with van der Waals surface area (Å²) in [6, 6.07) is 2.95. The molecule has 0 fully saturated rings. The lowest BCUT2D eigenvalue weighted by Crippen LogP contribution is -2.48. The molecule has 20 heavy (non-hydrogen) atoms. The standard InChI is InChI=1S/C12H15N3O4S/c1-12(2,3)10(11(16)17)15-20(18,19)9-5-4-8(6-13)14-7-9/h4-5,7,10,15H,1-3H3,(H,16,17)/t10-/m0/s1. The Bertz CT molecular complexity index is 639. The lowest BCUT2D eigenvalue weighted by atomic mass is 9.88. The minimum atomic E-state index is -4.02. The minimum absolute atomic E-state index is 0.0783. The Kier molecular flexibility index (Phi) is 4.47. The monoisotopic (exact) mass is 297 g/mol. The molecule has 0 radical (unpaired) electrons. The number of nitriles is 1. The van der Waals surface area contributed by atoms with Gasteiger partial charge >= 0.3 is 5.97 Å². The van der Waals surface area contributed by atoms with Crippen molar-refractivity contribution >= 4 is 16.0 Å². The summed E-state index contributed by atoms with van der Waals surface area (Å²) in [7, 11) is -4.02. The second kappa shape index (κ2) is 5.56. The van der Waals surface area contributed by atoms with Crippen molar-refractivity contribution in [2.45, 2.75) is 31.7 Å². The summed E-state index contributed by atoms with van der Waals surface area (Å²) in [5.41, 5.74) is -0.714. The van der Waals surface area contributed by atoms with Gasteiger partial charge in [0, 0.05) is 6.20 Å². The number of pyridine rings is 1. The predicted molar refractivity (Wildman–Crippen MR) is 70.2 cm³/mol. The van der Waals surface area contributed by atoms with Gasteiger partial charge in [0.1, 0.15) is 22.7 Å². The Morgan fingerprint density at radius 2 is 2.05 bits per heavy atom. The van der Waals surface area contributed by atoms with E-state index in [1.165, 1.54) is 12.1 Å². The van der Waals surface area contributed by atoms with Crippen LogP contribution in [0.25, 0.3) is 0 Å². The molecule has 0 aliphatic carbocycles. The fourth-order valence-corrected chi connectivity index (χ4v) is 2.77. The molecule has 0 amide bonds. The maximum absolute atomic E-state index is 12.1. The molecule has 7 nitrogen and oxygen atoms in total. The van der Waals surface area contributed by atoms with Crippen molar-refractivity contribution in [2.75, 3.05) is 0 Å². The van der Waals surface area contributed by atoms with Gasteiger partial charge in [-0.3, -0.25) is 4.79 Å². The number of carboxylic acids is 1. The first-order valence-electron chi connectivity index (χ1n) is 5.69. The van der Waals surface area contributed by atoms with Crippen molar-refractivity contribution in [1.29, 1.82) is 5.26 Å². The SMILES string of the molecule is CC(C)(C)[C@@H](NS(=O)(=O)c1ccc(C#N)nc1)C(=O)O. The van der Waals surface area contributed by atoms with E-state index in [-0.39, 0.29) is 10.6 Å². The molecule has 1 aromatic rings. The summed E-state index contributed by atoms with van der Waals surface area (Å²) in [6.07, 6.45) is 1.02. The fourth-order valence-electron chi connectivity index (χ4n) is 1.43. The van der Waals surface area contributed by atoms with Crippen molar-refractivity contribution in [3.8, 4) is 6.07 Å². The van der Waals surface area contributed by atoms with Crippen molar-refractivity contribution in [3.63, 3.8) is 0 Å². The summed E-state index contributed by atoms with van der Waals surface area (Å²) in [4.78, 5) is 14.6. The Labute approximate surface area is 117 Å². The van der Waals surface area contributed by atoms with E-state index in [1.54, 1.807) is 26.8 Å². The summed E-state index contributed by atoms with van der Waals surface area (Å²) in [6.45, 7) is 4.85. The Hall–Kier alpha value is -1.98. The van der Waals surface area contributed by atoms with Crippen molar-refractivity contribution in [3.05, 3.63) is 24.0 Å². The van der Waals surface area contributed by atoms with Crippen LogP contribution in [0.1, 0.15) is 26.5 Å². The number of sulfonamides is 1. The number of carboxylic acid groups (broad SMARTS) is 1. The third-order valence-corrected chi connectivity index (χ3v) is 3.96. The van der Waals surface area contributed by atoms with Crippen LogP contribution in [0.3, 0.4) is 0 Å². The zero-order valence-electron chi connectivity index (χ0n) is 11.3. The van der Waals surface area contributed by atoms with Crippen molar-refractivity contribution in [2.24, 2.45) is 5.41 Å². The van der Waals surface area contributed by atoms with Gasteiger partial charge in [0.25, 0.3) is 0 Å². The van der Waals surface area contributed by atoms with Crippen LogP contribution in [0, 0.1) is 16.7 Å². The average Bonchev–Trinajstić information content (AvgIpc) is 2.34. The van der Waals surface area contributed by atoms with Crippen LogP contribution < -0.4 is 4.72 Å². The highest BCUT2D eigenvalue weighted by Gasteiger charge is 2.35. The molecule has 1 rings (SSSR count). The zero-order valence-corrected chi connectivity index (χ0v) is 12.1. The van der Waals surface area contributed by atoms with Crippen molar-refractivity contribution in [1.82, 2.24) is 9.71 Å². The molecule has 0 spiro atoms. The number of aromatic nitrogens is 1. The molecule has 1 aromatic heterocycles. The van der Waals surface area contributed by atoms with Gasteiger partial charge in [-0.1, -0.05) is 20.8 Å². The molecule has 108 valence electrons. The first-order valence-corrected chi connectivity index (χ1v) is 7.17. The third kappa shape index (κ3) is 3.76. The number of nitrogens with one attached hydrogen (secondary N) is 1. The van der Waals surface area contributed by atoms with Crippen LogP contribution in [-0.4, -0.2) is 30.5 Å². The van der Waals surface area contributed by atoms with Gasteiger partial charge in [0.15, 0.2) is 0 Å². The van der Waals surface area contributed by atoms with Crippen LogP contribution >= 0.6 is 0 Å². The largest absolute Gasteiger partial charge is 0.480 e. The van der Waals surface area contributed by atoms with Gasteiger partial charge in [-0.2, -0.15) is 9.98 Å². The smallest absolute Gasteiger partial charge is 0.322 e. The van der Waals surface area contributed by atoms with Crippen LogP contribution in [-0.2, 0) is 14.8 Å². The molecule has 0 aliphatic heterocycles. The van der Waals surface area contributed by atoms with E-state index in [0.29, 0.717) is 0 Å². The van der Waals surface area contributed by atoms with Gasteiger partial charge in [-0.05, 0) is 17.5 Å². The number of carbonyl (C=O) groups is 1. The molecular formula is C12H15N3O4S. The summed E-state index contributed by atoms with van der Waals surface area (Å²) < 4.78 is 26.3. The third-order valence-electron chi connectivity index (χ3n) is 2.55. The molecule has 1 heterocycles. The fraction of sp³-hybridized carbons (Fsp3) is 0.417. The van der Waals surface area contributed by atoms with E-state index in [4.69, 9.17) is 10.4 Å². The number of aliphatic carboxylic acids is 1. The van der Waals surface area contributed by atoms with E-state index >= 15 is 0 Å². The minimum Gasteiger partial charge on any atom is -0.480 e. The van der Waals surface area contributed by atoms with Crippen LogP contribution in [0.5, 0.6) is 0 Å². The van der Waals surface area contributed by atoms with E-state index in [9.17, 15) is 13.2 Å². The van der Waals surface area contributed by atoms with E-state index in [1.807, 2.05) is 0 Å². The zero-order chi connectivity index (χ0) is 15.6. The first kappa shape index (κ1) is 16.1.